The maximum absolute atomic E-state index is 12.1. The zero-order chi connectivity index (χ0) is 12.1. The molecule has 5 nitrogen and oxygen atoms in total. The smallest absolute Gasteiger partial charge is 0.343 e. The number of nitrogens with two attached hydrogens (primary N) is 1. The van der Waals surface area contributed by atoms with E-state index < -0.39 is 6.04 Å². The van der Waals surface area contributed by atoms with Crippen LogP contribution in [-0.2, 0) is 9.60 Å². The Morgan fingerprint density at radius 1 is 1.75 bits per heavy atom. The number of nitrogens with zero attached hydrogens (tertiary/aromatic N) is 1. The molecule has 1 heterocycles. The maximum atomic E-state index is 12.1. The Morgan fingerprint density at radius 2 is 2.44 bits per heavy atom. The summed E-state index contributed by atoms with van der Waals surface area (Å²) in [6.45, 7) is 4.68. The third kappa shape index (κ3) is 2.96. The van der Waals surface area contributed by atoms with Crippen molar-refractivity contribution in [2.75, 3.05) is 6.54 Å². The molecule has 1 radical (unpaired) electrons. The second-order valence-corrected chi connectivity index (χ2v) is 4.39. The van der Waals surface area contributed by atoms with Crippen molar-refractivity contribution < 1.29 is 14.9 Å². The SMILES string of the molecule is CCC(C)C(N)C(=O)N1CCCC1[B]OO. The minimum Gasteiger partial charge on any atom is -0.343 e. The lowest BCUT2D eigenvalue weighted by Gasteiger charge is -2.28. The van der Waals surface area contributed by atoms with Gasteiger partial charge in [0.25, 0.3) is 0 Å². The van der Waals surface area contributed by atoms with Gasteiger partial charge < -0.3 is 15.4 Å². The van der Waals surface area contributed by atoms with Crippen LogP contribution in [0.15, 0.2) is 0 Å². The van der Waals surface area contributed by atoms with Crippen LogP contribution in [0.4, 0.5) is 0 Å². The Balaban J connectivity index is 2.58. The molecule has 91 valence electrons. The molecule has 1 amide bonds. The summed E-state index contributed by atoms with van der Waals surface area (Å²) in [5, 5.41) is 8.40. The van der Waals surface area contributed by atoms with Gasteiger partial charge in [0, 0.05) is 12.5 Å². The molecule has 0 aromatic rings. The number of carbonyl (C=O) groups is 1. The van der Waals surface area contributed by atoms with Gasteiger partial charge in [-0.15, -0.1) is 0 Å². The van der Waals surface area contributed by atoms with E-state index in [1.807, 2.05) is 13.8 Å². The van der Waals surface area contributed by atoms with E-state index in [1.165, 1.54) is 7.48 Å². The van der Waals surface area contributed by atoms with Gasteiger partial charge in [-0.3, -0.25) is 10.1 Å². The molecule has 3 N–H and O–H groups in total. The summed E-state index contributed by atoms with van der Waals surface area (Å²) >= 11 is 0. The van der Waals surface area contributed by atoms with Gasteiger partial charge >= 0.3 is 7.48 Å². The summed E-state index contributed by atoms with van der Waals surface area (Å²) in [6.07, 6.45) is 2.62. The number of rotatable bonds is 5. The summed E-state index contributed by atoms with van der Waals surface area (Å²) in [7, 11) is 1.29. The Bertz CT molecular complexity index is 240. The summed E-state index contributed by atoms with van der Waals surface area (Å²) < 4.78 is 0. The number of likely N-dealkylation sites (tertiary alicyclic amines) is 1. The van der Waals surface area contributed by atoms with Crippen LogP contribution < -0.4 is 5.73 Å². The molecule has 0 bridgehead atoms. The van der Waals surface area contributed by atoms with Gasteiger partial charge in [0.1, 0.15) is 0 Å². The second-order valence-electron chi connectivity index (χ2n) is 4.39. The zero-order valence-electron chi connectivity index (χ0n) is 9.93. The van der Waals surface area contributed by atoms with E-state index >= 15 is 0 Å². The molecule has 6 heteroatoms. The molecule has 3 atom stereocenters. The highest BCUT2D eigenvalue weighted by Gasteiger charge is 2.34. The van der Waals surface area contributed by atoms with Crippen molar-refractivity contribution in [2.45, 2.75) is 45.1 Å². The largest absolute Gasteiger partial charge is 0.368 e. The van der Waals surface area contributed by atoms with Crippen molar-refractivity contribution in [1.82, 2.24) is 4.90 Å². The molecule has 0 spiro atoms. The average Bonchev–Trinajstić information content (AvgIpc) is 2.74. The standard InChI is InChI=1S/C10H20BN2O3/c1-3-7(2)9(12)10(14)13-6-4-5-8(13)11-16-15/h7-9,15H,3-6,12H2,1-2H3. The molecule has 16 heavy (non-hydrogen) atoms. The first kappa shape index (κ1) is 13.5. The monoisotopic (exact) mass is 227 g/mol. The molecule has 1 aliphatic rings. The van der Waals surface area contributed by atoms with Crippen LogP contribution in [0, 0.1) is 5.92 Å². The van der Waals surface area contributed by atoms with Crippen molar-refractivity contribution in [2.24, 2.45) is 11.7 Å². The molecule has 1 aliphatic heterocycles. The first-order valence-electron chi connectivity index (χ1n) is 5.81. The Hall–Kier alpha value is -0.585. The van der Waals surface area contributed by atoms with Gasteiger partial charge in [-0.1, -0.05) is 20.3 Å². The van der Waals surface area contributed by atoms with E-state index in [0.717, 1.165) is 19.3 Å². The van der Waals surface area contributed by atoms with Crippen LogP contribution in [0.2, 0.25) is 0 Å². The fourth-order valence-electron chi connectivity index (χ4n) is 1.97. The predicted molar refractivity (Wildman–Crippen MR) is 61.6 cm³/mol. The highest BCUT2D eigenvalue weighted by molar-refractivity contribution is 6.30. The molecule has 3 unspecified atom stereocenters. The highest BCUT2D eigenvalue weighted by atomic mass is 17.1. The van der Waals surface area contributed by atoms with E-state index in [2.05, 4.69) is 4.81 Å². The van der Waals surface area contributed by atoms with E-state index in [-0.39, 0.29) is 17.8 Å². The van der Waals surface area contributed by atoms with Crippen LogP contribution in [0.25, 0.3) is 0 Å². The second kappa shape index (κ2) is 6.22. The van der Waals surface area contributed by atoms with Crippen LogP contribution in [0.1, 0.15) is 33.1 Å². The fourth-order valence-corrected chi connectivity index (χ4v) is 1.97. The molecule has 0 saturated carbocycles. The lowest BCUT2D eigenvalue weighted by Crippen LogP contribution is -2.50. The summed E-state index contributed by atoms with van der Waals surface area (Å²) in [5.41, 5.74) is 5.90. The Labute approximate surface area is 97.1 Å². The molecule has 0 aromatic heterocycles. The number of carbonyl (C=O) groups excluding carboxylic acids is 1. The van der Waals surface area contributed by atoms with Gasteiger partial charge in [0.05, 0.1) is 6.04 Å². The molecule has 0 aliphatic carbocycles. The topological polar surface area (TPSA) is 75.8 Å². The molecule has 1 saturated heterocycles. The fraction of sp³-hybridized carbons (Fsp3) is 0.900. The summed E-state index contributed by atoms with van der Waals surface area (Å²) in [6, 6.07) is -0.460. The molecular weight excluding hydrogens is 207 g/mol. The van der Waals surface area contributed by atoms with Crippen molar-refractivity contribution in [1.29, 1.82) is 0 Å². The zero-order valence-corrected chi connectivity index (χ0v) is 9.93. The van der Waals surface area contributed by atoms with Gasteiger partial charge in [-0.25, -0.2) is 0 Å². The third-order valence-electron chi connectivity index (χ3n) is 3.34. The normalized spacial score (nSPS) is 24.2. The van der Waals surface area contributed by atoms with E-state index in [9.17, 15) is 4.79 Å². The lowest BCUT2D eigenvalue weighted by molar-refractivity contribution is -0.144. The lowest BCUT2D eigenvalue weighted by atomic mass is 9.85. The molecule has 0 aromatic carbocycles. The maximum Gasteiger partial charge on any atom is 0.368 e. The summed E-state index contributed by atoms with van der Waals surface area (Å²) in [4.78, 5) is 17.8. The minimum absolute atomic E-state index is 0.0508. The van der Waals surface area contributed by atoms with Gasteiger partial charge in [-0.05, 0) is 18.8 Å². The number of hydrogen-bond acceptors (Lipinski definition) is 4. The number of hydrogen-bond donors (Lipinski definition) is 2. The average molecular weight is 227 g/mol. The van der Waals surface area contributed by atoms with Crippen molar-refractivity contribution in [3.63, 3.8) is 0 Å². The van der Waals surface area contributed by atoms with Crippen LogP contribution in [0.3, 0.4) is 0 Å². The molecule has 1 rings (SSSR count). The number of amides is 1. The van der Waals surface area contributed by atoms with E-state index in [4.69, 9.17) is 11.0 Å². The summed E-state index contributed by atoms with van der Waals surface area (Å²) in [5.74, 6) is -0.0263. The Morgan fingerprint density at radius 3 is 3.00 bits per heavy atom. The van der Waals surface area contributed by atoms with Crippen LogP contribution >= 0.6 is 0 Å². The van der Waals surface area contributed by atoms with Gasteiger partial charge in [-0.2, -0.15) is 0 Å². The van der Waals surface area contributed by atoms with Crippen molar-refractivity contribution in [3.8, 4) is 0 Å². The molecule has 1 fully saturated rings. The van der Waals surface area contributed by atoms with E-state index in [0.29, 0.717) is 6.54 Å². The first-order chi connectivity index (χ1) is 7.61. The molecular formula is C10H20BN2O3. The van der Waals surface area contributed by atoms with Crippen LogP contribution in [0.5, 0.6) is 0 Å². The Kier molecular flexibility index (Phi) is 5.24. The van der Waals surface area contributed by atoms with Gasteiger partial charge in [0.15, 0.2) is 0 Å². The van der Waals surface area contributed by atoms with Crippen molar-refractivity contribution in [3.05, 3.63) is 0 Å². The third-order valence-corrected chi connectivity index (χ3v) is 3.34. The minimum atomic E-state index is -0.460. The highest BCUT2D eigenvalue weighted by Crippen LogP contribution is 2.19. The first-order valence-corrected chi connectivity index (χ1v) is 5.81. The quantitative estimate of drug-likeness (QED) is 0.405. The van der Waals surface area contributed by atoms with Crippen molar-refractivity contribution >= 4 is 13.4 Å². The van der Waals surface area contributed by atoms with E-state index in [1.54, 1.807) is 4.90 Å². The predicted octanol–water partition coefficient (Wildman–Crippen LogP) is 0.417. The van der Waals surface area contributed by atoms with Crippen LogP contribution in [-0.4, -0.2) is 42.1 Å². The van der Waals surface area contributed by atoms with Gasteiger partial charge in [0.2, 0.25) is 5.91 Å².